The molecule has 82 valence electrons. The normalized spacial score (nSPS) is 15.9. The number of carbonyl (C=O) groups excluding carboxylic acids is 1. The summed E-state index contributed by atoms with van der Waals surface area (Å²) in [4.78, 5) is 18.0. The molecule has 1 aliphatic rings. The highest BCUT2D eigenvalue weighted by atomic mass is 32.1. The third-order valence-electron chi connectivity index (χ3n) is 2.75. The first-order chi connectivity index (χ1) is 7.84. The molecule has 0 saturated carbocycles. The molecule has 5 nitrogen and oxygen atoms in total. The lowest BCUT2D eigenvalue weighted by molar-refractivity contribution is 0.0792. The number of likely N-dealkylation sites (tertiary alicyclic amines) is 1. The quantitative estimate of drug-likeness (QED) is 0.746. The molecule has 6 heteroatoms. The smallest absolute Gasteiger partial charge is 0.255 e. The van der Waals surface area contributed by atoms with Crippen molar-refractivity contribution in [2.75, 3.05) is 13.1 Å². The van der Waals surface area contributed by atoms with Gasteiger partial charge in [0.1, 0.15) is 5.52 Å². The zero-order chi connectivity index (χ0) is 11.0. The summed E-state index contributed by atoms with van der Waals surface area (Å²) in [6, 6.07) is 1.77. The zero-order valence-corrected chi connectivity index (χ0v) is 9.40. The Kier molecular flexibility index (Phi) is 2.28. The van der Waals surface area contributed by atoms with Crippen LogP contribution in [0.4, 0.5) is 0 Å². The maximum absolute atomic E-state index is 12.1. The number of fused-ring (bicyclic) bond motifs is 1. The first kappa shape index (κ1) is 9.65. The van der Waals surface area contributed by atoms with Crippen LogP contribution in [0.3, 0.4) is 0 Å². The summed E-state index contributed by atoms with van der Waals surface area (Å²) in [5, 5.41) is 0. The summed E-state index contributed by atoms with van der Waals surface area (Å²) >= 11 is 1.12. The summed E-state index contributed by atoms with van der Waals surface area (Å²) in [6.45, 7) is 1.71. The fourth-order valence-corrected chi connectivity index (χ4v) is 2.39. The first-order valence-corrected chi connectivity index (χ1v) is 5.95. The largest absolute Gasteiger partial charge is 0.339 e. The number of amides is 1. The highest BCUT2D eigenvalue weighted by molar-refractivity contribution is 7.00. The maximum atomic E-state index is 12.1. The highest BCUT2D eigenvalue weighted by Crippen LogP contribution is 2.15. The lowest BCUT2D eigenvalue weighted by Gasteiger charge is -2.14. The summed E-state index contributed by atoms with van der Waals surface area (Å²) in [5.74, 6) is 0.0555. The predicted octanol–water partition coefficient (Wildman–Crippen LogP) is 1.32. The average Bonchev–Trinajstić information content (AvgIpc) is 2.98. The molecule has 0 aromatic carbocycles. The molecule has 2 aromatic rings. The zero-order valence-electron chi connectivity index (χ0n) is 8.59. The molecule has 3 rings (SSSR count). The van der Waals surface area contributed by atoms with Crippen LogP contribution in [0.2, 0.25) is 0 Å². The van der Waals surface area contributed by atoms with Gasteiger partial charge < -0.3 is 4.90 Å². The minimum Gasteiger partial charge on any atom is -0.339 e. The van der Waals surface area contributed by atoms with Crippen molar-refractivity contribution in [3.05, 3.63) is 17.8 Å². The number of pyridine rings is 1. The van der Waals surface area contributed by atoms with E-state index in [0.717, 1.165) is 37.7 Å². The Bertz CT molecular complexity index is 532. The van der Waals surface area contributed by atoms with Crippen LogP contribution in [0, 0.1) is 0 Å². The van der Waals surface area contributed by atoms with Gasteiger partial charge in [-0.3, -0.25) is 4.79 Å². The van der Waals surface area contributed by atoms with Crippen LogP contribution in [0.25, 0.3) is 11.2 Å². The van der Waals surface area contributed by atoms with Gasteiger partial charge in [0.25, 0.3) is 5.91 Å². The van der Waals surface area contributed by atoms with Crippen molar-refractivity contribution >= 4 is 28.8 Å². The monoisotopic (exact) mass is 234 g/mol. The van der Waals surface area contributed by atoms with Crippen LogP contribution < -0.4 is 0 Å². The van der Waals surface area contributed by atoms with Crippen molar-refractivity contribution in [3.8, 4) is 0 Å². The van der Waals surface area contributed by atoms with Crippen LogP contribution in [-0.4, -0.2) is 37.6 Å². The average molecular weight is 234 g/mol. The molecule has 0 unspecified atom stereocenters. The standard InChI is InChI=1S/C10H10N4OS/c15-10(14-3-1-2-4-14)7-5-8-9(11-6-7)13-16-12-8/h5-6H,1-4H2. The topological polar surface area (TPSA) is 59.0 Å². The van der Waals surface area contributed by atoms with E-state index in [9.17, 15) is 4.79 Å². The molecule has 1 amide bonds. The molecule has 0 atom stereocenters. The Morgan fingerprint density at radius 1 is 1.31 bits per heavy atom. The van der Waals surface area contributed by atoms with Gasteiger partial charge in [-0.25, -0.2) is 4.98 Å². The number of rotatable bonds is 1. The molecule has 1 aliphatic heterocycles. The van der Waals surface area contributed by atoms with Gasteiger partial charge in [-0.1, -0.05) is 0 Å². The second-order valence-electron chi connectivity index (χ2n) is 3.83. The fraction of sp³-hybridized carbons (Fsp3) is 0.400. The van der Waals surface area contributed by atoms with Gasteiger partial charge in [0, 0.05) is 19.3 Å². The molecule has 0 N–H and O–H groups in total. The molecule has 16 heavy (non-hydrogen) atoms. The molecular formula is C10H10N4OS. The van der Waals surface area contributed by atoms with E-state index in [-0.39, 0.29) is 5.91 Å². The second kappa shape index (κ2) is 3.79. The Hall–Kier alpha value is -1.56. The number of carbonyl (C=O) groups is 1. The van der Waals surface area contributed by atoms with Gasteiger partial charge in [0.2, 0.25) is 0 Å². The third-order valence-corrected chi connectivity index (χ3v) is 3.29. The van der Waals surface area contributed by atoms with E-state index < -0.39 is 0 Å². The molecule has 3 heterocycles. The van der Waals surface area contributed by atoms with Crippen LogP contribution in [0.1, 0.15) is 23.2 Å². The first-order valence-electron chi connectivity index (χ1n) is 5.22. The fourth-order valence-electron chi connectivity index (χ4n) is 1.91. The van der Waals surface area contributed by atoms with Crippen LogP contribution in [0.15, 0.2) is 12.3 Å². The lowest BCUT2D eigenvalue weighted by atomic mass is 10.2. The molecule has 0 bridgehead atoms. The van der Waals surface area contributed by atoms with Gasteiger partial charge >= 0.3 is 0 Å². The SMILES string of the molecule is O=C(c1cnc2nsnc2c1)N1CCCC1. The minimum atomic E-state index is 0.0555. The molecular weight excluding hydrogens is 224 g/mol. The number of nitrogens with zero attached hydrogens (tertiary/aromatic N) is 4. The predicted molar refractivity (Wildman–Crippen MR) is 60.3 cm³/mol. The van der Waals surface area contributed by atoms with E-state index in [1.807, 2.05) is 4.90 Å². The van der Waals surface area contributed by atoms with E-state index in [1.165, 1.54) is 0 Å². The second-order valence-corrected chi connectivity index (χ2v) is 4.36. The van der Waals surface area contributed by atoms with Crippen molar-refractivity contribution in [2.24, 2.45) is 0 Å². The summed E-state index contributed by atoms with van der Waals surface area (Å²) < 4.78 is 8.10. The van der Waals surface area contributed by atoms with Gasteiger partial charge in [-0.15, -0.1) is 0 Å². The van der Waals surface area contributed by atoms with Gasteiger partial charge in [-0.05, 0) is 18.9 Å². The van der Waals surface area contributed by atoms with Crippen molar-refractivity contribution in [3.63, 3.8) is 0 Å². The van der Waals surface area contributed by atoms with Gasteiger partial charge in [0.15, 0.2) is 5.65 Å². The molecule has 1 saturated heterocycles. The summed E-state index contributed by atoms with van der Waals surface area (Å²) in [5.41, 5.74) is 1.93. The minimum absolute atomic E-state index is 0.0555. The van der Waals surface area contributed by atoms with E-state index in [0.29, 0.717) is 16.7 Å². The molecule has 0 radical (unpaired) electrons. The van der Waals surface area contributed by atoms with E-state index in [1.54, 1.807) is 12.3 Å². The highest BCUT2D eigenvalue weighted by Gasteiger charge is 2.20. The van der Waals surface area contributed by atoms with Gasteiger partial charge in [-0.2, -0.15) is 8.75 Å². The summed E-state index contributed by atoms with van der Waals surface area (Å²) in [6.07, 6.45) is 3.78. The number of aromatic nitrogens is 3. The molecule has 0 spiro atoms. The Labute approximate surface area is 96.4 Å². The van der Waals surface area contributed by atoms with E-state index >= 15 is 0 Å². The van der Waals surface area contributed by atoms with E-state index in [4.69, 9.17) is 0 Å². The van der Waals surface area contributed by atoms with Crippen molar-refractivity contribution in [1.82, 2.24) is 18.6 Å². The molecule has 1 fully saturated rings. The Balaban J connectivity index is 1.95. The Morgan fingerprint density at radius 2 is 2.12 bits per heavy atom. The van der Waals surface area contributed by atoms with E-state index in [2.05, 4.69) is 13.7 Å². The van der Waals surface area contributed by atoms with Crippen molar-refractivity contribution < 1.29 is 4.79 Å². The third kappa shape index (κ3) is 1.55. The molecule has 0 aliphatic carbocycles. The van der Waals surface area contributed by atoms with Crippen LogP contribution >= 0.6 is 11.7 Å². The Morgan fingerprint density at radius 3 is 2.94 bits per heavy atom. The van der Waals surface area contributed by atoms with Crippen molar-refractivity contribution in [2.45, 2.75) is 12.8 Å². The molecule has 2 aromatic heterocycles. The summed E-state index contributed by atoms with van der Waals surface area (Å²) in [7, 11) is 0. The van der Waals surface area contributed by atoms with Crippen LogP contribution in [-0.2, 0) is 0 Å². The maximum Gasteiger partial charge on any atom is 0.255 e. The number of hydrogen-bond donors (Lipinski definition) is 0. The number of hydrogen-bond acceptors (Lipinski definition) is 5. The lowest BCUT2D eigenvalue weighted by Crippen LogP contribution is -2.27. The van der Waals surface area contributed by atoms with Gasteiger partial charge in [0.05, 0.1) is 17.3 Å². The van der Waals surface area contributed by atoms with Crippen molar-refractivity contribution in [1.29, 1.82) is 0 Å². The van der Waals surface area contributed by atoms with Crippen LogP contribution in [0.5, 0.6) is 0 Å².